The van der Waals surface area contributed by atoms with Gasteiger partial charge in [0.15, 0.2) is 0 Å². The van der Waals surface area contributed by atoms with Crippen LogP contribution in [0, 0.1) is 27.7 Å². The molecule has 0 radical (unpaired) electrons. The third-order valence-electron chi connectivity index (χ3n) is 5.55. The molecule has 1 aliphatic heterocycles. The van der Waals surface area contributed by atoms with Crippen molar-refractivity contribution >= 4 is 40.4 Å². The van der Waals surface area contributed by atoms with Gasteiger partial charge in [0, 0.05) is 10.7 Å². The molecule has 0 atom stereocenters. The number of imide groups is 1. The van der Waals surface area contributed by atoms with E-state index in [0.29, 0.717) is 21.8 Å². The molecule has 3 aromatic rings. The fraction of sp³-hybridized carbons (Fsp3) is 0.154. The van der Waals surface area contributed by atoms with Gasteiger partial charge in [0.1, 0.15) is 5.70 Å². The van der Waals surface area contributed by atoms with E-state index in [4.69, 9.17) is 11.6 Å². The van der Waals surface area contributed by atoms with Gasteiger partial charge in [0.25, 0.3) is 11.8 Å². The molecule has 1 aliphatic rings. The Bertz CT molecular complexity index is 1220. The molecule has 0 saturated heterocycles. The molecule has 0 saturated carbocycles. The lowest BCUT2D eigenvalue weighted by atomic mass is 10.0. The zero-order chi connectivity index (χ0) is 22.3. The first-order valence-corrected chi connectivity index (χ1v) is 10.4. The van der Waals surface area contributed by atoms with Crippen LogP contribution >= 0.6 is 11.6 Å². The lowest BCUT2D eigenvalue weighted by Gasteiger charge is -2.17. The molecule has 5 heteroatoms. The fourth-order valence-corrected chi connectivity index (χ4v) is 3.99. The second kappa shape index (κ2) is 8.05. The van der Waals surface area contributed by atoms with Crippen LogP contribution in [0.1, 0.15) is 27.8 Å². The van der Waals surface area contributed by atoms with E-state index in [9.17, 15) is 9.59 Å². The van der Waals surface area contributed by atoms with Crippen LogP contribution in [-0.4, -0.2) is 11.8 Å². The Morgan fingerprint density at radius 1 is 0.806 bits per heavy atom. The van der Waals surface area contributed by atoms with Gasteiger partial charge in [0.2, 0.25) is 0 Å². The average molecular weight is 431 g/mol. The standard InChI is InChI=1S/C26H23ClN2O2/c1-15-12-16(2)14-21(13-15)29-25(30)23(19-8-10-20(27)11-9-19)24(26(29)31)28-22-7-5-6-17(3)18(22)4/h5-14,28H,1-4H3. The molecule has 0 aliphatic carbocycles. The van der Waals surface area contributed by atoms with Gasteiger partial charge in [-0.05, 0) is 85.8 Å². The quantitative estimate of drug-likeness (QED) is 0.518. The molecule has 156 valence electrons. The highest BCUT2D eigenvalue weighted by Gasteiger charge is 2.40. The minimum absolute atomic E-state index is 0.264. The van der Waals surface area contributed by atoms with Crippen LogP contribution in [0.3, 0.4) is 0 Å². The Morgan fingerprint density at radius 3 is 2.10 bits per heavy atom. The van der Waals surface area contributed by atoms with Gasteiger partial charge in [-0.3, -0.25) is 9.59 Å². The highest BCUT2D eigenvalue weighted by atomic mass is 35.5. The van der Waals surface area contributed by atoms with Gasteiger partial charge >= 0.3 is 0 Å². The second-order valence-corrected chi connectivity index (χ2v) is 8.36. The molecule has 2 amide bonds. The van der Waals surface area contributed by atoms with Crippen molar-refractivity contribution in [1.29, 1.82) is 0 Å². The molecule has 0 bridgehead atoms. The van der Waals surface area contributed by atoms with E-state index in [1.54, 1.807) is 24.3 Å². The summed E-state index contributed by atoms with van der Waals surface area (Å²) in [6.07, 6.45) is 0. The summed E-state index contributed by atoms with van der Waals surface area (Å²) in [6.45, 7) is 7.90. The molecule has 0 aromatic heterocycles. The number of anilines is 2. The van der Waals surface area contributed by atoms with Crippen LogP contribution in [-0.2, 0) is 9.59 Å². The van der Waals surface area contributed by atoms with Gasteiger partial charge in [-0.1, -0.05) is 41.9 Å². The summed E-state index contributed by atoms with van der Waals surface area (Å²) in [5, 5.41) is 3.82. The van der Waals surface area contributed by atoms with Crippen LogP contribution in [0.4, 0.5) is 11.4 Å². The van der Waals surface area contributed by atoms with Gasteiger partial charge in [0.05, 0.1) is 11.3 Å². The smallest absolute Gasteiger partial charge is 0.282 e. The Balaban J connectivity index is 1.86. The fourth-order valence-electron chi connectivity index (χ4n) is 3.87. The van der Waals surface area contributed by atoms with E-state index >= 15 is 0 Å². The van der Waals surface area contributed by atoms with E-state index in [-0.39, 0.29) is 17.5 Å². The minimum Gasteiger partial charge on any atom is -0.350 e. The monoisotopic (exact) mass is 430 g/mol. The van der Waals surface area contributed by atoms with Crippen molar-refractivity contribution < 1.29 is 9.59 Å². The lowest BCUT2D eigenvalue weighted by Crippen LogP contribution is -2.32. The van der Waals surface area contributed by atoms with Gasteiger partial charge in [-0.25, -0.2) is 4.90 Å². The van der Waals surface area contributed by atoms with Crippen LogP contribution < -0.4 is 10.2 Å². The third kappa shape index (κ3) is 3.87. The lowest BCUT2D eigenvalue weighted by molar-refractivity contribution is -0.120. The summed E-state index contributed by atoms with van der Waals surface area (Å²) in [6, 6.07) is 18.5. The van der Waals surface area contributed by atoms with E-state index in [2.05, 4.69) is 5.32 Å². The Hall–Kier alpha value is -3.37. The number of aryl methyl sites for hydroxylation is 3. The van der Waals surface area contributed by atoms with Crippen LogP contribution in [0.5, 0.6) is 0 Å². The largest absolute Gasteiger partial charge is 0.350 e. The number of nitrogens with one attached hydrogen (secondary N) is 1. The maximum absolute atomic E-state index is 13.6. The normalized spacial score (nSPS) is 13.9. The Morgan fingerprint density at radius 2 is 1.45 bits per heavy atom. The highest BCUT2D eigenvalue weighted by Crippen LogP contribution is 2.35. The molecule has 0 fully saturated rings. The van der Waals surface area contributed by atoms with E-state index in [1.165, 1.54) is 4.90 Å². The van der Waals surface area contributed by atoms with Gasteiger partial charge < -0.3 is 5.32 Å². The first-order chi connectivity index (χ1) is 14.8. The van der Waals surface area contributed by atoms with E-state index in [1.807, 2.05) is 64.1 Å². The second-order valence-electron chi connectivity index (χ2n) is 7.92. The molecular formula is C26H23ClN2O2. The molecule has 31 heavy (non-hydrogen) atoms. The van der Waals surface area contributed by atoms with Crippen molar-refractivity contribution in [2.75, 3.05) is 10.2 Å². The molecular weight excluding hydrogens is 408 g/mol. The van der Waals surface area contributed by atoms with Crippen molar-refractivity contribution in [3.63, 3.8) is 0 Å². The molecule has 0 unspecified atom stereocenters. The average Bonchev–Trinajstić information content (AvgIpc) is 2.95. The first kappa shape index (κ1) is 20.9. The van der Waals surface area contributed by atoms with E-state index in [0.717, 1.165) is 27.9 Å². The molecule has 1 heterocycles. The highest BCUT2D eigenvalue weighted by molar-refractivity contribution is 6.46. The zero-order valence-electron chi connectivity index (χ0n) is 17.9. The number of benzene rings is 3. The third-order valence-corrected chi connectivity index (χ3v) is 5.80. The van der Waals surface area contributed by atoms with Crippen molar-refractivity contribution in [3.8, 4) is 0 Å². The van der Waals surface area contributed by atoms with Crippen LogP contribution in [0.2, 0.25) is 5.02 Å². The predicted octanol–water partition coefficient (Wildman–Crippen LogP) is 5.97. The summed E-state index contributed by atoms with van der Waals surface area (Å²) in [4.78, 5) is 28.3. The summed E-state index contributed by atoms with van der Waals surface area (Å²) in [5.74, 6) is -0.731. The maximum Gasteiger partial charge on any atom is 0.282 e. The Labute approximate surface area is 187 Å². The summed E-state index contributed by atoms with van der Waals surface area (Å²) in [5.41, 5.74) is 6.70. The molecule has 4 nitrogen and oxygen atoms in total. The van der Waals surface area contributed by atoms with E-state index < -0.39 is 0 Å². The predicted molar refractivity (Wildman–Crippen MR) is 126 cm³/mol. The van der Waals surface area contributed by atoms with Gasteiger partial charge in [-0.2, -0.15) is 0 Å². The molecule has 4 rings (SSSR count). The van der Waals surface area contributed by atoms with Gasteiger partial charge in [-0.15, -0.1) is 0 Å². The molecule has 3 aromatic carbocycles. The first-order valence-electron chi connectivity index (χ1n) is 10.1. The number of hydrogen-bond donors (Lipinski definition) is 1. The number of carbonyl (C=O) groups is 2. The van der Waals surface area contributed by atoms with Crippen molar-refractivity contribution in [3.05, 3.63) is 99.2 Å². The van der Waals surface area contributed by atoms with Crippen LogP contribution in [0.25, 0.3) is 5.57 Å². The van der Waals surface area contributed by atoms with Crippen molar-refractivity contribution in [2.24, 2.45) is 0 Å². The number of hydrogen-bond acceptors (Lipinski definition) is 3. The summed E-state index contributed by atoms with van der Waals surface area (Å²) in [7, 11) is 0. The summed E-state index contributed by atoms with van der Waals surface area (Å²) < 4.78 is 0. The number of rotatable bonds is 4. The molecule has 1 N–H and O–H groups in total. The maximum atomic E-state index is 13.6. The van der Waals surface area contributed by atoms with Crippen LogP contribution in [0.15, 0.2) is 66.4 Å². The number of nitrogens with zero attached hydrogens (tertiary/aromatic N) is 1. The molecule has 0 spiro atoms. The summed E-state index contributed by atoms with van der Waals surface area (Å²) >= 11 is 6.05. The SMILES string of the molecule is Cc1cc(C)cc(N2C(=O)C(Nc3cccc(C)c3C)=C(c3ccc(Cl)cc3)C2=O)c1. The Kier molecular flexibility index (Phi) is 5.42. The topological polar surface area (TPSA) is 49.4 Å². The van der Waals surface area contributed by atoms with Crippen molar-refractivity contribution in [2.45, 2.75) is 27.7 Å². The number of amides is 2. The van der Waals surface area contributed by atoms with Crippen molar-refractivity contribution in [1.82, 2.24) is 0 Å². The minimum atomic E-state index is -0.374. The number of carbonyl (C=O) groups excluding carboxylic acids is 2. The zero-order valence-corrected chi connectivity index (χ0v) is 18.7. The number of halogens is 1.